The van der Waals surface area contributed by atoms with Crippen LogP contribution >= 0.6 is 0 Å². The largest absolute Gasteiger partial charge is 0.332 e. The minimum atomic E-state index is 0.685. The molecule has 5 heteroatoms. The average molecular weight is 257 g/mol. The van der Waals surface area contributed by atoms with Crippen LogP contribution in [-0.2, 0) is 13.5 Å². The van der Waals surface area contributed by atoms with Crippen LogP contribution in [0.3, 0.4) is 0 Å². The van der Waals surface area contributed by atoms with E-state index in [1.54, 1.807) is 12.5 Å². The number of nitrogens with one attached hydrogen (secondary N) is 1. The Kier molecular flexibility index (Phi) is 3.55. The molecule has 0 radical (unpaired) electrons. The van der Waals surface area contributed by atoms with Crippen molar-refractivity contribution in [1.29, 1.82) is 0 Å². The van der Waals surface area contributed by atoms with Crippen molar-refractivity contribution in [3.05, 3.63) is 30.6 Å². The van der Waals surface area contributed by atoms with Crippen molar-refractivity contribution in [3.8, 4) is 11.4 Å². The van der Waals surface area contributed by atoms with Crippen LogP contribution < -0.4 is 5.32 Å². The molecule has 1 N–H and O–H groups in total. The monoisotopic (exact) mass is 257 g/mol. The maximum atomic E-state index is 4.72. The van der Waals surface area contributed by atoms with E-state index in [0.29, 0.717) is 5.92 Å². The molecule has 1 saturated heterocycles. The first-order valence-corrected chi connectivity index (χ1v) is 6.81. The number of aryl methyl sites for hydroxylation is 1. The van der Waals surface area contributed by atoms with Gasteiger partial charge in [-0.05, 0) is 38.3 Å². The van der Waals surface area contributed by atoms with Crippen LogP contribution in [0.4, 0.5) is 0 Å². The third-order valence-electron chi connectivity index (χ3n) is 3.66. The van der Waals surface area contributed by atoms with Crippen LogP contribution in [0.5, 0.6) is 0 Å². The number of nitrogens with zero attached hydrogens (tertiary/aromatic N) is 4. The van der Waals surface area contributed by atoms with Crippen molar-refractivity contribution in [2.24, 2.45) is 13.0 Å². The fraction of sp³-hybridized carbons (Fsp3) is 0.500. The van der Waals surface area contributed by atoms with E-state index >= 15 is 0 Å². The Balaban J connectivity index is 1.78. The van der Waals surface area contributed by atoms with Crippen molar-refractivity contribution in [2.45, 2.75) is 19.3 Å². The summed E-state index contributed by atoms with van der Waals surface area (Å²) in [6, 6.07) is 0. The van der Waals surface area contributed by atoms with Gasteiger partial charge in [-0.3, -0.25) is 4.98 Å². The molecule has 1 aliphatic heterocycles. The van der Waals surface area contributed by atoms with Crippen LogP contribution in [0.2, 0.25) is 0 Å². The van der Waals surface area contributed by atoms with E-state index in [2.05, 4.69) is 15.3 Å². The Hall–Kier alpha value is -1.75. The molecule has 3 heterocycles. The number of hydrogen-bond acceptors (Lipinski definition) is 4. The molecule has 3 rings (SSSR count). The standard InChI is InChI=1S/C14H19N5/c1-19-10-17-9-14(19)13-8-16-7-12(18-13)5-11-3-2-4-15-6-11/h7-11,15H,2-6H2,1H3. The molecule has 2 aromatic heterocycles. The van der Waals surface area contributed by atoms with E-state index in [-0.39, 0.29) is 0 Å². The van der Waals surface area contributed by atoms with Crippen molar-refractivity contribution in [3.63, 3.8) is 0 Å². The molecule has 0 spiro atoms. The molecule has 0 bridgehead atoms. The second-order valence-corrected chi connectivity index (χ2v) is 5.20. The summed E-state index contributed by atoms with van der Waals surface area (Å²) < 4.78 is 1.97. The van der Waals surface area contributed by atoms with Crippen molar-refractivity contribution >= 4 is 0 Å². The lowest BCUT2D eigenvalue weighted by Gasteiger charge is -2.22. The molecule has 0 saturated carbocycles. The van der Waals surface area contributed by atoms with Gasteiger partial charge in [0.1, 0.15) is 5.69 Å². The summed E-state index contributed by atoms with van der Waals surface area (Å²) in [5.41, 5.74) is 2.99. The fourth-order valence-electron chi connectivity index (χ4n) is 2.63. The first kappa shape index (κ1) is 12.3. The lowest BCUT2D eigenvalue weighted by atomic mass is 9.95. The van der Waals surface area contributed by atoms with E-state index < -0.39 is 0 Å². The summed E-state index contributed by atoms with van der Waals surface area (Å²) >= 11 is 0. The van der Waals surface area contributed by atoms with Gasteiger partial charge in [-0.15, -0.1) is 0 Å². The van der Waals surface area contributed by atoms with Crippen molar-refractivity contribution in [2.75, 3.05) is 13.1 Å². The summed E-state index contributed by atoms with van der Waals surface area (Å²) in [5, 5.41) is 3.44. The second kappa shape index (κ2) is 5.48. The highest BCUT2D eigenvalue weighted by molar-refractivity contribution is 5.52. The average Bonchev–Trinajstić information content (AvgIpc) is 2.86. The Bertz CT molecular complexity index is 542. The molecule has 1 fully saturated rings. The van der Waals surface area contributed by atoms with E-state index in [4.69, 9.17) is 4.98 Å². The Morgan fingerprint density at radius 3 is 3.00 bits per heavy atom. The highest BCUT2D eigenvalue weighted by atomic mass is 15.0. The van der Waals surface area contributed by atoms with E-state index in [0.717, 1.165) is 36.6 Å². The maximum Gasteiger partial charge on any atom is 0.107 e. The molecule has 1 aliphatic rings. The molecule has 19 heavy (non-hydrogen) atoms. The molecule has 2 aromatic rings. The normalized spacial score (nSPS) is 19.5. The summed E-state index contributed by atoms with van der Waals surface area (Å²) in [7, 11) is 1.97. The smallest absolute Gasteiger partial charge is 0.107 e. The summed E-state index contributed by atoms with van der Waals surface area (Å²) in [6.45, 7) is 2.24. The Morgan fingerprint density at radius 2 is 2.26 bits per heavy atom. The quantitative estimate of drug-likeness (QED) is 0.903. The lowest BCUT2D eigenvalue weighted by molar-refractivity contribution is 0.373. The fourth-order valence-corrected chi connectivity index (χ4v) is 2.63. The molecule has 100 valence electrons. The maximum absolute atomic E-state index is 4.72. The van der Waals surface area contributed by atoms with Crippen LogP contribution in [0, 0.1) is 5.92 Å². The summed E-state index contributed by atoms with van der Waals surface area (Å²) in [6.07, 6.45) is 10.9. The third-order valence-corrected chi connectivity index (χ3v) is 3.66. The first-order chi connectivity index (χ1) is 9.33. The first-order valence-electron chi connectivity index (χ1n) is 6.81. The Morgan fingerprint density at radius 1 is 1.32 bits per heavy atom. The number of piperidine rings is 1. The topological polar surface area (TPSA) is 55.6 Å². The van der Waals surface area contributed by atoms with Crippen LogP contribution in [0.25, 0.3) is 11.4 Å². The molecule has 0 amide bonds. The van der Waals surface area contributed by atoms with Gasteiger partial charge in [0.15, 0.2) is 0 Å². The zero-order chi connectivity index (χ0) is 13.1. The van der Waals surface area contributed by atoms with Gasteiger partial charge in [0.25, 0.3) is 0 Å². The minimum Gasteiger partial charge on any atom is -0.332 e. The zero-order valence-corrected chi connectivity index (χ0v) is 11.2. The van der Waals surface area contributed by atoms with Crippen molar-refractivity contribution < 1.29 is 0 Å². The number of rotatable bonds is 3. The van der Waals surface area contributed by atoms with Crippen molar-refractivity contribution in [1.82, 2.24) is 24.8 Å². The van der Waals surface area contributed by atoms with Gasteiger partial charge in [0.05, 0.1) is 30.1 Å². The highest BCUT2D eigenvalue weighted by Gasteiger charge is 2.15. The summed E-state index contributed by atoms with van der Waals surface area (Å²) in [5.74, 6) is 0.685. The summed E-state index contributed by atoms with van der Waals surface area (Å²) in [4.78, 5) is 13.2. The lowest BCUT2D eigenvalue weighted by Crippen LogP contribution is -2.31. The molecule has 0 aliphatic carbocycles. The van der Waals surface area contributed by atoms with Gasteiger partial charge in [-0.2, -0.15) is 0 Å². The Labute approximate surface area is 113 Å². The van der Waals surface area contributed by atoms with Gasteiger partial charge in [0, 0.05) is 13.2 Å². The van der Waals surface area contributed by atoms with E-state index in [9.17, 15) is 0 Å². The number of hydrogen-bond donors (Lipinski definition) is 1. The van der Waals surface area contributed by atoms with Crippen LogP contribution in [0.15, 0.2) is 24.9 Å². The minimum absolute atomic E-state index is 0.685. The van der Waals surface area contributed by atoms with Crippen LogP contribution in [-0.4, -0.2) is 32.6 Å². The number of imidazole rings is 1. The van der Waals surface area contributed by atoms with Gasteiger partial charge >= 0.3 is 0 Å². The zero-order valence-electron chi connectivity index (χ0n) is 11.2. The molecular formula is C14H19N5. The number of aromatic nitrogens is 4. The predicted octanol–water partition coefficient (Wildman–Crippen LogP) is 1.42. The SMILES string of the molecule is Cn1cncc1-c1cncc(CC2CCCNC2)n1. The molecule has 0 aromatic carbocycles. The second-order valence-electron chi connectivity index (χ2n) is 5.20. The van der Waals surface area contributed by atoms with Gasteiger partial charge in [0.2, 0.25) is 0 Å². The van der Waals surface area contributed by atoms with Gasteiger partial charge in [-0.1, -0.05) is 0 Å². The highest BCUT2D eigenvalue weighted by Crippen LogP contribution is 2.18. The van der Waals surface area contributed by atoms with Crippen LogP contribution in [0.1, 0.15) is 18.5 Å². The van der Waals surface area contributed by atoms with Gasteiger partial charge < -0.3 is 9.88 Å². The van der Waals surface area contributed by atoms with E-state index in [1.165, 1.54) is 12.8 Å². The molecule has 1 unspecified atom stereocenters. The predicted molar refractivity (Wildman–Crippen MR) is 73.5 cm³/mol. The molecule has 1 atom stereocenters. The van der Waals surface area contributed by atoms with E-state index in [1.807, 2.05) is 24.0 Å². The van der Waals surface area contributed by atoms with Gasteiger partial charge in [-0.25, -0.2) is 9.97 Å². The third kappa shape index (κ3) is 2.81. The molecule has 5 nitrogen and oxygen atoms in total. The molecular weight excluding hydrogens is 238 g/mol.